The first-order chi connectivity index (χ1) is 13.0. The van der Waals surface area contributed by atoms with Gasteiger partial charge < -0.3 is 9.80 Å². The summed E-state index contributed by atoms with van der Waals surface area (Å²) < 4.78 is 0. The van der Waals surface area contributed by atoms with Gasteiger partial charge in [0.1, 0.15) is 0 Å². The van der Waals surface area contributed by atoms with Crippen LogP contribution in [0.5, 0.6) is 0 Å². The smallest absolute Gasteiger partial charge is 0.254 e. The van der Waals surface area contributed by atoms with Crippen LogP contribution >= 0.6 is 0 Å². The number of anilines is 1. The van der Waals surface area contributed by atoms with Crippen molar-refractivity contribution in [3.8, 4) is 11.1 Å². The van der Waals surface area contributed by atoms with E-state index < -0.39 is 0 Å². The molecule has 1 saturated heterocycles. The lowest BCUT2D eigenvalue weighted by atomic mass is 10.0. The highest BCUT2D eigenvalue weighted by molar-refractivity contribution is 5.95. The summed E-state index contributed by atoms with van der Waals surface area (Å²) in [5.74, 6) is 0.157. The van der Waals surface area contributed by atoms with Gasteiger partial charge in [-0.2, -0.15) is 0 Å². The number of benzene rings is 2. The average molecular weight is 364 g/mol. The molecule has 2 aromatic rings. The number of rotatable bonds is 5. The molecule has 3 rings (SSSR count). The summed E-state index contributed by atoms with van der Waals surface area (Å²) in [6, 6.07) is 16.1. The molecule has 0 unspecified atom stereocenters. The van der Waals surface area contributed by atoms with E-state index in [-0.39, 0.29) is 11.8 Å². The van der Waals surface area contributed by atoms with Crippen molar-refractivity contribution in [2.75, 3.05) is 18.5 Å². The first kappa shape index (κ1) is 19.2. The highest BCUT2D eigenvalue weighted by Crippen LogP contribution is 2.26. The fourth-order valence-corrected chi connectivity index (χ4v) is 3.77. The van der Waals surface area contributed by atoms with E-state index in [9.17, 15) is 9.59 Å². The number of carbonyl (C=O) groups excluding carboxylic acids is 2. The molecule has 27 heavy (non-hydrogen) atoms. The van der Waals surface area contributed by atoms with Crippen molar-refractivity contribution in [2.24, 2.45) is 0 Å². The van der Waals surface area contributed by atoms with Crippen LogP contribution in [-0.2, 0) is 4.79 Å². The third-order valence-electron chi connectivity index (χ3n) is 5.45. The van der Waals surface area contributed by atoms with Gasteiger partial charge in [-0.3, -0.25) is 9.59 Å². The third-order valence-corrected chi connectivity index (χ3v) is 5.45. The Balaban J connectivity index is 1.73. The summed E-state index contributed by atoms with van der Waals surface area (Å²) in [5, 5.41) is 0. The summed E-state index contributed by atoms with van der Waals surface area (Å²) >= 11 is 0. The predicted octanol–water partition coefficient (Wildman–Crippen LogP) is 4.74. The molecule has 1 aliphatic rings. The molecule has 0 radical (unpaired) electrons. The Kier molecular flexibility index (Phi) is 5.94. The molecular weight excluding hydrogens is 336 g/mol. The van der Waals surface area contributed by atoms with Crippen LogP contribution in [0.25, 0.3) is 11.1 Å². The number of likely N-dealkylation sites (tertiary alicyclic amines) is 1. The Morgan fingerprint density at radius 1 is 1.04 bits per heavy atom. The highest BCUT2D eigenvalue weighted by Gasteiger charge is 2.28. The Bertz CT molecular complexity index is 796. The number of nitrogens with zero attached hydrogens (tertiary/aromatic N) is 2. The standard InChI is InChI=1S/C23H28N2O2/c1-4-6-22-7-5-16-25(22)23(27)20-10-8-18(9-11-20)19-12-14-21(15-13-19)24(3)17(2)26/h8-15,22H,4-7,16H2,1-3H3/t22-/m0/s1. The van der Waals surface area contributed by atoms with Crippen LogP contribution in [0, 0.1) is 0 Å². The van der Waals surface area contributed by atoms with Gasteiger partial charge in [0.15, 0.2) is 0 Å². The Morgan fingerprint density at radius 3 is 2.19 bits per heavy atom. The minimum Gasteiger partial charge on any atom is -0.336 e. The summed E-state index contributed by atoms with van der Waals surface area (Å²) in [4.78, 5) is 28.0. The topological polar surface area (TPSA) is 40.6 Å². The van der Waals surface area contributed by atoms with Crippen LogP contribution in [0.3, 0.4) is 0 Å². The van der Waals surface area contributed by atoms with Gasteiger partial charge in [0.25, 0.3) is 5.91 Å². The lowest BCUT2D eigenvalue weighted by Crippen LogP contribution is -2.35. The van der Waals surface area contributed by atoms with Crippen LogP contribution in [0.15, 0.2) is 48.5 Å². The number of amides is 2. The van der Waals surface area contributed by atoms with Crippen molar-refractivity contribution >= 4 is 17.5 Å². The van der Waals surface area contributed by atoms with E-state index in [1.165, 1.54) is 0 Å². The first-order valence-electron chi connectivity index (χ1n) is 9.77. The van der Waals surface area contributed by atoms with Gasteiger partial charge in [-0.25, -0.2) is 0 Å². The molecule has 1 heterocycles. The zero-order valence-electron chi connectivity index (χ0n) is 16.4. The van der Waals surface area contributed by atoms with Gasteiger partial charge >= 0.3 is 0 Å². The van der Waals surface area contributed by atoms with Crippen molar-refractivity contribution in [2.45, 2.75) is 45.6 Å². The molecule has 2 aromatic carbocycles. The first-order valence-corrected chi connectivity index (χ1v) is 9.77. The van der Waals surface area contributed by atoms with Crippen LogP contribution in [0.4, 0.5) is 5.69 Å². The molecule has 0 aromatic heterocycles. The summed E-state index contributed by atoms with van der Waals surface area (Å²) in [6.07, 6.45) is 4.43. The molecule has 4 heteroatoms. The van der Waals surface area contributed by atoms with E-state index in [1.807, 2.05) is 53.4 Å². The molecule has 4 nitrogen and oxygen atoms in total. The fourth-order valence-electron chi connectivity index (χ4n) is 3.77. The second-order valence-corrected chi connectivity index (χ2v) is 7.29. The van der Waals surface area contributed by atoms with Crippen LogP contribution < -0.4 is 4.90 Å². The second-order valence-electron chi connectivity index (χ2n) is 7.29. The van der Waals surface area contributed by atoms with Gasteiger partial charge in [0.05, 0.1) is 0 Å². The normalized spacial score (nSPS) is 16.4. The minimum atomic E-state index is 0.00825. The van der Waals surface area contributed by atoms with Gasteiger partial charge in [0.2, 0.25) is 5.91 Å². The number of hydrogen-bond donors (Lipinski definition) is 0. The molecule has 0 saturated carbocycles. The van der Waals surface area contributed by atoms with Crippen LogP contribution in [-0.4, -0.2) is 36.3 Å². The van der Waals surface area contributed by atoms with Gasteiger partial charge in [0, 0.05) is 37.8 Å². The van der Waals surface area contributed by atoms with Crippen molar-refractivity contribution in [1.29, 1.82) is 0 Å². The van der Waals surface area contributed by atoms with E-state index >= 15 is 0 Å². The third kappa shape index (κ3) is 4.21. The molecule has 2 amide bonds. The van der Waals surface area contributed by atoms with E-state index in [0.29, 0.717) is 6.04 Å². The Hall–Kier alpha value is -2.62. The van der Waals surface area contributed by atoms with Crippen LogP contribution in [0.2, 0.25) is 0 Å². The SMILES string of the molecule is CCC[C@H]1CCCN1C(=O)c1ccc(-c2ccc(N(C)C(C)=O)cc2)cc1. The molecule has 1 aliphatic heterocycles. The molecule has 0 N–H and O–H groups in total. The Labute approximate surface area is 161 Å². The van der Waals surface area contributed by atoms with E-state index in [1.54, 1.807) is 18.9 Å². The maximum absolute atomic E-state index is 12.9. The quantitative estimate of drug-likeness (QED) is 0.769. The second kappa shape index (κ2) is 8.38. The molecule has 1 fully saturated rings. The summed E-state index contributed by atoms with van der Waals surface area (Å²) in [6.45, 7) is 4.60. The number of carbonyl (C=O) groups is 2. The van der Waals surface area contributed by atoms with E-state index in [2.05, 4.69) is 6.92 Å². The van der Waals surface area contributed by atoms with E-state index in [4.69, 9.17) is 0 Å². The van der Waals surface area contributed by atoms with Crippen LogP contribution in [0.1, 0.15) is 49.9 Å². The molecule has 1 atom stereocenters. The predicted molar refractivity (Wildman–Crippen MR) is 110 cm³/mol. The molecule has 142 valence electrons. The van der Waals surface area contributed by atoms with Crippen molar-refractivity contribution < 1.29 is 9.59 Å². The molecule has 0 aliphatic carbocycles. The van der Waals surface area contributed by atoms with Crippen molar-refractivity contribution in [3.63, 3.8) is 0 Å². The van der Waals surface area contributed by atoms with Gasteiger partial charge in [-0.15, -0.1) is 0 Å². The van der Waals surface area contributed by atoms with Gasteiger partial charge in [-0.05, 0) is 54.7 Å². The van der Waals surface area contributed by atoms with E-state index in [0.717, 1.165) is 54.6 Å². The van der Waals surface area contributed by atoms with Crippen molar-refractivity contribution in [1.82, 2.24) is 4.90 Å². The Morgan fingerprint density at radius 2 is 1.63 bits per heavy atom. The average Bonchev–Trinajstić information content (AvgIpc) is 3.15. The lowest BCUT2D eigenvalue weighted by molar-refractivity contribution is -0.116. The molecular formula is C23H28N2O2. The fraction of sp³-hybridized carbons (Fsp3) is 0.391. The maximum atomic E-state index is 12.9. The van der Waals surface area contributed by atoms with Gasteiger partial charge in [-0.1, -0.05) is 37.6 Å². The lowest BCUT2D eigenvalue weighted by Gasteiger charge is -2.24. The highest BCUT2D eigenvalue weighted by atomic mass is 16.2. The number of hydrogen-bond acceptors (Lipinski definition) is 2. The summed E-state index contributed by atoms with van der Waals surface area (Å²) in [5.41, 5.74) is 3.76. The maximum Gasteiger partial charge on any atom is 0.254 e. The zero-order chi connectivity index (χ0) is 19.4. The zero-order valence-corrected chi connectivity index (χ0v) is 16.4. The molecule has 0 spiro atoms. The minimum absolute atomic E-state index is 0.00825. The molecule has 0 bridgehead atoms. The largest absolute Gasteiger partial charge is 0.336 e. The van der Waals surface area contributed by atoms with Crippen molar-refractivity contribution in [3.05, 3.63) is 54.1 Å². The summed E-state index contributed by atoms with van der Waals surface area (Å²) in [7, 11) is 1.77. The monoisotopic (exact) mass is 364 g/mol.